The van der Waals surface area contributed by atoms with Crippen LogP contribution in [0.1, 0.15) is 23.7 Å². The van der Waals surface area contributed by atoms with Gasteiger partial charge in [0.1, 0.15) is 0 Å². The van der Waals surface area contributed by atoms with Crippen molar-refractivity contribution in [2.75, 3.05) is 0 Å². The molecule has 1 aromatic rings. The molecule has 1 heterocycles. The molecular formula is C9H11N3. The predicted octanol–water partition coefficient (Wildman–Crippen LogP) is 1.30. The Morgan fingerprint density at radius 2 is 2.50 bits per heavy atom. The van der Waals surface area contributed by atoms with Gasteiger partial charge in [-0.1, -0.05) is 6.07 Å². The predicted molar refractivity (Wildman–Crippen MR) is 46.1 cm³/mol. The number of pyridine rings is 1. The fraction of sp³-hybridized carbons (Fsp3) is 0.333. The van der Waals surface area contributed by atoms with E-state index in [0.717, 1.165) is 11.3 Å². The molecule has 1 aromatic heterocycles. The van der Waals surface area contributed by atoms with Crippen LogP contribution in [0.2, 0.25) is 0 Å². The Morgan fingerprint density at radius 1 is 1.75 bits per heavy atom. The lowest BCUT2D eigenvalue weighted by Gasteiger charge is -2.09. The summed E-state index contributed by atoms with van der Waals surface area (Å²) >= 11 is 0. The third-order valence-electron chi connectivity index (χ3n) is 1.76. The molecule has 0 unspecified atom stereocenters. The van der Waals surface area contributed by atoms with Crippen LogP contribution in [-0.4, -0.2) is 4.98 Å². The minimum Gasteiger partial charge on any atom is -0.323 e. The minimum atomic E-state index is -0.205. The van der Waals surface area contributed by atoms with Crippen molar-refractivity contribution < 1.29 is 0 Å². The van der Waals surface area contributed by atoms with Crippen molar-refractivity contribution in [3.63, 3.8) is 0 Å². The van der Waals surface area contributed by atoms with Crippen LogP contribution >= 0.6 is 0 Å². The molecule has 62 valence electrons. The van der Waals surface area contributed by atoms with E-state index in [1.54, 1.807) is 6.20 Å². The monoisotopic (exact) mass is 161 g/mol. The maximum atomic E-state index is 8.44. The van der Waals surface area contributed by atoms with Crippen molar-refractivity contribution in [3.8, 4) is 6.07 Å². The van der Waals surface area contributed by atoms with Crippen LogP contribution in [0.15, 0.2) is 18.3 Å². The summed E-state index contributed by atoms with van der Waals surface area (Å²) in [5, 5.41) is 8.44. The van der Waals surface area contributed by atoms with Gasteiger partial charge in [0.2, 0.25) is 0 Å². The molecule has 2 N–H and O–H groups in total. The maximum absolute atomic E-state index is 8.44. The molecule has 0 aliphatic rings. The van der Waals surface area contributed by atoms with Crippen molar-refractivity contribution in [2.45, 2.75) is 19.4 Å². The summed E-state index contributed by atoms with van der Waals surface area (Å²) in [6.07, 6.45) is 2.06. The van der Waals surface area contributed by atoms with Crippen LogP contribution in [0.25, 0.3) is 0 Å². The maximum Gasteiger partial charge on any atom is 0.0641 e. The lowest BCUT2D eigenvalue weighted by atomic mass is 10.0. The van der Waals surface area contributed by atoms with Crippen LogP contribution in [0.5, 0.6) is 0 Å². The standard InChI is InChI=1S/C9H11N3/c1-7-8(3-2-6-12-7)9(11)4-5-10/h2-3,6,9H,4,11H2,1H3/t9-/m1/s1. The van der Waals surface area contributed by atoms with Crippen LogP contribution in [0, 0.1) is 18.3 Å². The molecule has 0 spiro atoms. The molecule has 12 heavy (non-hydrogen) atoms. The second-order valence-corrected chi connectivity index (χ2v) is 2.65. The summed E-state index contributed by atoms with van der Waals surface area (Å²) in [4.78, 5) is 4.09. The van der Waals surface area contributed by atoms with Crippen LogP contribution in [0.3, 0.4) is 0 Å². The van der Waals surface area contributed by atoms with Crippen molar-refractivity contribution in [1.82, 2.24) is 4.98 Å². The van der Waals surface area contributed by atoms with Gasteiger partial charge in [0.15, 0.2) is 0 Å². The third-order valence-corrected chi connectivity index (χ3v) is 1.76. The molecule has 1 rings (SSSR count). The Hall–Kier alpha value is -1.40. The second kappa shape index (κ2) is 3.84. The highest BCUT2D eigenvalue weighted by molar-refractivity contribution is 5.22. The molecule has 3 heteroatoms. The Labute approximate surface area is 71.8 Å². The molecule has 0 radical (unpaired) electrons. The summed E-state index contributed by atoms with van der Waals surface area (Å²) in [5.41, 5.74) is 7.60. The summed E-state index contributed by atoms with van der Waals surface area (Å²) in [6, 6.07) is 5.58. The second-order valence-electron chi connectivity index (χ2n) is 2.65. The Balaban J connectivity index is 2.88. The highest BCUT2D eigenvalue weighted by Crippen LogP contribution is 2.15. The topological polar surface area (TPSA) is 62.7 Å². The zero-order valence-electron chi connectivity index (χ0n) is 6.99. The SMILES string of the molecule is Cc1ncccc1[C@H](N)CC#N. The van der Waals surface area contributed by atoms with Crippen molar-refractivity contribution >= 4 is 0 Å². The molecule has 0 fully saturated rings. The van der Waals surface area contributed by atoms with E-state index in [4.69, 9.17) is 11.0 Å². The molecule has 3 nitrogen and oxygen atoms in total. The minimum absolute atomic E-state index is 0.205. The Bertz CT molecular complexity index is 301. The van der Waals surface area contributed by atoms with Gasteiger partial charge in [0, 0.05) is 17.9 Å². The van der Waals surface area contributed by atoms with Crippen molar-refractivity contribution in [1.29, 1.82) is 5.26 Å². The van der Waals surface area contributed by atoms with Crippen molar-refractivity contribution in [3.05, 3.63) is 29.6 Å². The van der Waals surface area contributed by atoms with E-state index in [-0.39, 0.29) is 6.04 Å². The lowest BCUT2D eigenvalue weighted by Crippen LogP contribution is -2.11. The van der Waals surface area contributed by atoms with E-state index < -0.39 is 0 Å². The number of aromatic nitrogens is 1. The normalized spacial score (nSPS) is 12.1. The van der Waals surface area contributed by atoms with Crippen LogP contribution in [-0.2, 0) is 0 Å². The average molecular weight is 161 g/mol. The molecule has 1 atom stereocenters. The molecule has 0 saturated carbocycles. The van der Waals surface area contributed by atoms with Gasteiger partial charge in [-0.05, 0) is 18.6 Å². The largest absolute Gasteiger partial charge is 0.323 e. The lowest BCUT2D eigenvalue weighted by molar-refractivity contribution is 0.735. The Kier molecular flexibility index (Phi) is 2.78. The Morgan fingerprint density at radius 3 is 3.08 bits per heavy atom. The molecule has 0 saturated heterocycles. The summed E-state index contributed by atoms with van der Waals surface area (Å²) < 4.78 is 0. The highest BCUT2D eigenvalue weighted by Gasteiger charge is 2.07. The first-order valence-corrected chi connectivity index (χ1v) is 3.79. The first-order valence-electron chi connectivity index (χ1n) is 3.79. The number of aryl methyl sites for hydroxylation is 1. The number of hydrogen-bond acceptors (Lipinski definition) is 3. The number of nitriles is 1. The van der Waals surface area contributed by atoms with Gasteiger partial charge in [0.25, 0.3) is 0 Å². The first kappa shape index (κ1) is 8.69. The summed E-state index contributed by atoms with van der Waals surface area (Å²) in [5.74, 6) is 0. The number of rotatable bonds is 2. The number of nitrogens with two attached hydrogens (primary N) is 1. The van der Waals surface area contributed by atoms with Gasteiger partial charge in [-0.25, -0.2) is 0 Å². The van der Waals surface area contributed by atoms with Gasteiger partial charge < -0.3 is 5.73 Å². The fourth-order valence-electron chi connectivity index (χ4n) is 1.10. The van der Waals surface area contributed by atoms with Crippen molar-refractivity contribution in [2.24, 2.45) is 5.73 Å². The summed E-state index contributed by atoms with van der Waals surface area (Å²) in [7, 11) is 0. The zero-order chi connectivity index (χ0) is 8.97. The molecule has 0 aromatic carbocycles. The van der Waals surface area contributed by atoms with Crippen LogP contribution < -0.4 is 5.73 Å². The molecule has 0 bridgehead atoms. The molecule has 0 aliphatic carbocycles. The zero-order valence-corrected chi connectivity index (χ0v) is 6.99. The fourth-order valence-corrected chi connectivity index (χ4v) is 1.10. The third kappa shape index (κ3) is 1.80. The molecular weight excluding hydrogens is 150 g/mol. The average Bonchev–Trinajstić information content (AvgIpc) is 2.05. The van der Waals surface area contributed by atoms with Gasteiger partial charge in [-0.15, -0.1) is 0 Å². The van der Waals surface area contributed by atoms with Crippen LogP contribution in [0.4, 0.5) is 0 Å². The van der Waals surface area contributed by atoms with Gasteiger partial charge in [0.05, 0.1) is 12.5 Å². The van der Waals surface area contributed by atoms with E-state index in [0.29, 0.717) is 6.42 Å². The van der Waals surface area contributed by atoms with Gasteiger partial charge >= 0.3 is 0 Å². The quantitative estimate of drug-likeness (QED) is 0.711. The van der Waals surface area contributed by atoms with E-state index in [9.17, 15) is 0 Å². The highest BCUT2D eigenvalue weighted by atomic mass is 14.7. The van der Waals surface area contributed by atoms with E-state index >= 15 is 0 Å². The van der Waals surface area contributed by atoms with Gasteiger partial charge in [-0.2, -0.15) is 5.26 Å². The first-order chi connectivity index (χ1) is 5.75. The number of nitrogens with zero attached hydrogens (tertiary/aromatic N) is 2. The van der Waals surface area contributed by atoms with E-state index in [2.05, 4.69) is 4.98 Å². The molecule has 0 aliphatic heterocycles. The smallest absolute Gasteiger partial charge is 0.0641 e. The number of hydrogen-bond donors (Lipinski definition) is 1. The van der Waals surface area contributed by atoms with E-state index in [1.807, 2.05) is 25.1 Å². The summed E-state index contributed by atoms with van der Waals surface area (Å²) in [6.45, 7) is 1.90. The van der Waals surface area contributed by atoms with Gasteiger partial charge in [-0.3, -0.25) is 4.98 Å². The van der Waals surface area contributed by atoms with E-state index in [1.165, 1.54) is 0 Å². The molecule has 0 amide bonds.